The third kappa shape index (κ3) is 3.06. The van der Waals surface area contributed by atoms with Crippen molar-refractivity contribution in [3.8, 4) is 11.3 Å². The zero-order chi connectivity index (χ0) is 19.1. The second-order valence-electron chi connectivity index (χ2n) is 6.82. The lowest BCUT2D eigenvalue weighted by Gasteiger charge is -2.14. The van der Waals surface area contributed by atoms with Gasteiger partial charge in [-0.15, -0.1) is 5.10 Å². The van der Waals surface area contributed by atoms with E-state index in [9.17, 15) is 4.39 Å². The molecule has 0 unspecified atom stereocenters. The van der Waals surface area contributed by atoms with Crippen LogP contribution >= 0.6 is 11.6 Å². The average molecular weight is 398 g/mol. The zero-order valence-corrected chi connectivity index (χ0v) is 15.7. The Kier molecular flexibility index (Phi) is 4.33. The van der Waals surface area contributed by atoms with Crippen molar-refractivity contribution in [3.05, 3.63) is 53.3 Å². The van der Waals surface area contributed by atoms with Crippen molar-refractivity contribution >= 4 is 34.0 Å². The Morgan fingerprint density at radius 3 is 3.00 bits per heavy atom. The smallest absolute Gasteiger partial charge is 0.186 e. The first-order valence-corrected chi connectivity index (χ1v) is 9.53. The van der Waals surface area contributed by atoms with Gasteiger partial charge < -0.3 is 10.1 Å². The molecule has 2 aromatic carbocycles. The van der Waals surface area contributed by atoms with Gasteiger partial charge in [0.2, 0.25) is 0 Å². The topological polar surface area (TPSA) is 64.3 Å². The van der Waals surface area contributed by atoms with Crippen molar-refractivity contribution in [3.63, 3.8) is 0 Å². The molecule has 1 saturated heterocycles. The summed E-state index contributed by atoms with van der Waals surface area (Å²) in [5.41, 5.74) is 2.52. The van der Waals surface area contributed by atoms with Crippen LogP contribution in [0.25, 0.3) is 27.8 Å². The minimum atomic E-state index is -0.331. The van der Waals surface area contributed by atoms with Crippen LogP contribution in [0.1, 0.15) is 12.8 Å². The molecule has 1 aliphatic rings. The van der Waals surface area contributed by atoms with E-state index in [0.717, 1.165) is 30.4 Å². The molecule has 1 aliphatic heterocycles. The maximum atomic E-state index is 13.7. The van der Waals surface area contributed by atoms with Crippen LogP contribution in [0, 0.1) is 5.82 Å². The highest BCUT2D eigenvalue weighted by molar-refractivity contribution is 6.31. The molecule has 142 valence electrons. The molecule has 28 heavy (non-hydrogen) atoms. The molecule has 6 nitrogen and oxygen atoms in total. The molecule has 1 atom stereocenters. The highest BCUT2D eigenvalue weighted by Gasteiger charge is 2.19. The molecule has 2 aromatic heterocycles. The SMILES string of the molecule is Fc1cccc(-c2nnn3c2nc(NC[C@@H]2CCCO2)c2cc(Cl)ccc23)c1. The second-order valence-corrected chi connectivity index (χ2v) is 7.26. The minimum Gasteiger partial charge on any atom is -0.376 e. The number of hydrogen-bond donors (Lipinski definition) is 1. The summed E-state index contributed by atoms with van der Waals surface area (Å²) in [7, 11) is 0. The Balaban J connectivity index is 1.66. The predicted octanol–water partition coefficient (Wildman–Crippen LogP) is 4.33. The van der Waals surface area contributed by atoms with Crippen LogP contribution in [0.15, 0.2) is 42.5 Å². The molecule has 1 N–H and O–H groups in total. The van der Waals surface area contributed by atoms with Gasteiger partial charge in [0.25, 0.3) is 0 Å². The third-order valence-electron chi connectivity index (χ3n) is 4.93. The summed E-state index contributed by atoms with van der Waals surface area (Å²) in [6.07, 6.45) is 2.26. The van der Waals surface area contributed by atoms with Crippen molar-refractivity contribution in [2.45, 2.75) is 18.9 Å². The molecule has 0 amide bonds. The van der Waals surface area contributed by atoms with Gasteiger partial charge in [-0.1, -0.05) is 28.9 Å². The van der Waals surface area contributed by atoms with Crippen LogP contribution in [0.4, 0.5) is 10.2 Å². The Hall–Kier alpha value is -2.77. The van der Waals surface area contributed by atoms with E-state index in [-0.39, 0.29) is 11.9 Å². The monoisotopic (exact) mass is 397 g/mol. The Morgan fingerprint density at radius 2 is 2.18 bits per heavy atom. The number of ether oxygens (including phenoxy) is 1. The first kappa shape index (κ1) is 17.3. The standard InChI is InChI=1S/C20H17ClFN5O/c21-13-6-7-17-16(10-13)19(23-11-15-5-2-8-28-15)24-20-18(25-26-27(17)20)12-3-1-4-14(22)9-12/h1,3-4,6-7,9-10,15H,2,5,8,11H2,(H,23,24)/t15-/m0/s1. The number of nitrogens with zero attached hydrogens (tertiary/aromatic N) is 4. The van der Waals surface area contributed by atoms with Gasteiger partial charge in [0.05, 0.1) is 11.6 Å². The average Bonchev–Trinajstić information content (AvgIpc) is 3.35. The number of nitrogens with one attached hydrogen (secondary N) is 1. The molecule has 0 bridgehead atoms. The van der Waals surface area contributed by atoms with E-state index in [1.165, 1.54) is 12.1 Å². The normalized spacial score (nSPS) is 16.9. The summed E-state index contributed by atoms with van der Waals surface area (Å²) in [5, 5.41) is 13.3. The quantitative estimate of drug-likeness (QED) is 0.555. The highest BCUT2D eigenvalue weighted by Crippen LogP contribution is 2.30. The molecular formula is C20H17ClFN5O. The predicted molar refractivity (Wildman–Crippen MR) is 106 cm³/mol. The fraction of sp³-hybridized carbons (Fsp3) is 0.250. The molecule has 8 heteroatoms. The van der Waals surface area contributed by atoms with Gasteiger partial charge >= 0.3 is 0 Å². The fourth-order valence-corrected chi connectivity index (χ4v) is 3.73. The van der Waals surface area contributed by atoms with E-state index in [2.05, 4.69) is 15.6 Å². The minimum absolute atomic E-state index is 0.165. The zero-order valence-electron chi connectivity index (χ0n) is 14.9. The van der Waals surface area contributed by atoms with E-state index in [0.29, 0.717) is 34.3 Å². The van der Waals surface area contributed by atoms with E-state index in [4.69, 9.17) is 21.3 Å². The summed E-state index contributed by atoms with van der Waals surface area (Å²) in [6, 6.07) is 11.8. The third-order valence-corrected chi connectivity index (χ3v) is 5.16. The second kappa shape index (κ2) is 7.00. The Morgan fingerprint density at radius 1 is 1.25 bits per heavy atom. The maximum absolute atomic E-state index is 13.7. The highest BCUT2D eigenvalue weighted by atomic mass is 35.5. The number of aromatic nitrogens is 4. The van der Waals surface area contributed by atoms with Gasteiger partial charge in [0, 0.05) is 29.1 Å². The van der Waals surface area contributed by atoms with Gasteiger partial charge in [-0.25, -0.2) is 9.37 Å². The van der Waals surface area contributed by atoms with Gasteiger partial charge in [-0.3, -0.25) is 0 Å². The molecule has 3 heterocycles. The van der Waals surface area contributed by atoms with Crippen LogP contribution in [-0.2, 0) is 4.74 Å². The fourth-order valence-electron chi connectivity index (χ4n) is 3.56. The number of hydrogen-bond acceptors (Lipinski definition) is 5. The molecule has 0 saturated carbocycles. The van der Waals surface area contributed by atoms with Crippen LogP contribution in [0.3, 0.4) is 0 Å². The first-order chi connectivity index (χ1) is 13.7. The van der Waals surface area contributed by atoms with Crippen LogP contribution in [-0.4, -0.2) is 39.1 Å². The van der Waals surface area contributed by atoms with Gasteiger partial charge in [0.1, 0.15) is 17.3 Å². The lowest BCUT2D eigenvalue weighted by molar-refractivity contribution is 0.120. The van der Waals surface area contributed by atoms with Crippen molar-refractivity contribution in [2.24, 2.45) is 0 Å². The summed E-state index contributed by atoms with van der Waals surface area (Å²) in [5.74, 6) is 0.350. The molecule has 5 rings (SSSR count). The lowest BCUT2D eigenvalue weighted by Crippen LogP contribution is -2.19. The van der Waals surface area contributed by atoms with Crippen LogP contribution in [0.5, 0.6) is 0 Å². The summed E-state index contributed by atoms with van der Waals surface area (Å²) >= 11 is 6.22. The molecule has 0 spiro atoms. The number of halogens is 2. The number of fused-ring (bicyclic) bond motifs is 3. The Labute approximate surface area is 165 Å². The summed E-state index contributed by atoms with van der Waals surface area (Å²) in [4.78, 5) is 4.76. The van der Waals surface area contributed by atoms with E-state index >= 15 is 0 Å². The maximum Gasteiger partial charge on any atom is 0.186 e. The summed E-state index contributed by atoms with van der Waals surface area (Å²) < 4.78 is 21.1. The van der Waals surface area contributed by atoms with E-state index in [1.54, 1.807) is 22.7 Å². The van der Waals surface area contributed by atoms with Crippen molar-refractivity contribution in [2.75, 3.05) is 18.5 Å². The van der Waals surface area contributed by atoms with E-state index < -0.39 is 0 Å². The van der Waals surface area contributed by atoms with Crippen molar-refractivity contribution in [1.82, 2.24) is 19.8 Å². The first-order valence-electron chi connectivity index (χ1n) is 9.15. The van der Waals surface area contributed by atoms with Crippen LogP contribution < -0.4 is 5.32 Å². The van der Waals surface area contributed by atoms with Gasteiger partial charge in [0.15, 0.2) is 5.65 Å². The number of benzene rings is 2. The largest absolute Gasteiger partial charge is 0.376 e. The number of rotatable bonds is 4. The van der Waals surface area contributed by atoms with Gasteiger partial charge in [-0.2, -0.15) is 4.52 Å². The van der Waals surface area contributed by atoms with Crippen LogP contribution in [0.2, 0.25) is 5.02 Å². The molecule has 1 fully saturated rings. The summed E-state index contributed by atoms with van der Waals surface area (Å²) in [6.45, 7) is 1.45. The lowest BCUT2D eigenvalue weighted by atomic mass is 10.1. The molecule has 4 aromatic rings. The van der Waals surface area contributed by atoms with Crippen molar-refractivity contribution < 1.29 is 9.13 Å². The Bertz CT molecular complexity index is 1170. The van der Waals surface area contributed by atoms with Gasteiger partial charge in [-0.05, 0) is 43.2 Å². The molecular weight excluding hydrogens is 381 g/mol. The molecule has 0 aliphatic carbocycles. The number of anilines is 1. The van der Waals surface area contributed by atoms with E-state index in [1.807, 2.05) is 12.1 Å². The molecule has 0 radical (unpaired) electrons. The van der Waals surface area contributed by atoms with Crippen molar-refractivity contribution in [1.29, 1.82) is 0 Å².